The first-order valence-electron chi connectivity index (χ1n) is 10.7. The van der Waals surface area contributed by atoms with Gasteiger partial charge in [-0.1, -0.05) is 31.2 Å². The minimum atomic E-state index is 0. The minimum absolute atomic E-state index is 0. The van der Waals surface area contributed by atoms with Gasteiger partial charge in [-0.2, -0.15) is 0 Å². The maximum Gasteiger partial charge on any atom is 0.194 e. The van der Waals surface area contributed by atoms with Crippen molar-refractivity contribution in [2.24, 2.45) is 10.9 Å². The number of aliphatic imine (C=N–C) groups is 1. The van der Waals surface area contributed by atoms with E-state index in [-0.39, 0.29) is 24.0 Å². The van der Waals surface area contributed by atoms with E-state index in [2.05, 4.69) is 65.2 Å². The Morgan fingerprint density at radius 3 is 2.21 bits per heavy atom. The molecular formula is C22H38IN5. The molecule has 0 bridgehead atoms. The first kappa shape index (κ1) is 23.4. The molecule has 0 atom stereocenters. The van der Waals surface area contributed by atoms with Gasteiger partial charge >= 0.3 is 0 Å². The first-order chi connectivity index (χ1) is 13.1. The predicted octanol–water partition coefficient (Wildman–Crippen LogP) is 3.25. The van der Waals surface area contributed by atoms with Crippen LogP contribution in [0.15, 0.2) is 29.3 Å². The summed E-state index contributed by atoms with van der Waals surface area (Å²) >= 11 is 0. The average Bonchev–Trinajstić information content (AvgIpc) is 2.69. The molecule has 28 heavy (non-hydrogen) atoms. The van der Waals surface area contributed by atoms with Gasteiger partial charge in [-0.15, -0.1) is 24.0 Å². The summed E-state index contributed by atoms with van der Waals surface area (Å²) in [4.78, 5) is 12.3. The minimum Gasteiger partial charge on any atom is -0.357 e. The lowest BCUT2D eigenvalue weighted by Gasteiger charge is -2.33. The SMILES string of the molecule is CCNC(=NCc1ccc(CN2CCN(C)CC2)cc1)N1CCC(C)CC1.I. The molecule has 1 N–H and O–H groups in total. The number of rotatable bonds is 5. The van der Waals surface area contributed by atoms with E-state index in [4.69, 9.17) is 4.99 Å². The van der Waals surface area contributed by atoms with Gasteiger partial charge in [0, 0.05) is 52.4 Å². The molecule has 2 aliphatic rings. The van der Waals surface area contributed by atoms with E-state index >= 15 is 0 Å². The molecule has 0 spiro atoms. The third-order valence-corrected chi connectivity index (χ3v) is 5.85. The third-order valence-electron chi connectivity index (χ3n) is 5.85. The van der Waals surface area contributed by atoms with E-state index in [0.29, 0.717) is 0 Å². The lowest BCUT2D eigenvalue weighted by Crippen LogP contribution is -2.45. The van der Waals surface area contributed by atoms with Gasteiger partial charge in [0.15, 0.2) is 5.96 Å². The predicted molar refractivity (Wildman–Crippen MR) is 129 cm³/mol. The zero-order chi connectivity index (χ0) is 19.1. The standard InChI is InChI=1S/C22H37N5.HI/c1-4-23-22(27-11-9-19(2)10-12-27)24-17-20-5-7-21(8-6-20)18-26-15-13-25(3)14-16-26;/h5-8,19H,4,9-18H2,1-3H3,(H,23,24);1H. The van der Waals surface area contributed by atoms with E-state index in [1.165, 1.54) is 50.1 Å². The Labute approximate surface area is 188 Å². The Balaban J connectivity index is 0.00000280. The summed E-state index contributed by atoms with van der Waals surface area (Å²) in [7, 11) is 2.21. The van der Waals surface area contributed by atoms with Crippen molar-refractivity contribution in [1.29, 1.82) is 0 Å². The van der Waals surface area contributed by atoms with Gasteiger partial charge in [-0.25, -0.2) is 4.99 Å². The molecule has 1 aromatic rings. The van der Waals surface area contributed by atoms with Crippen LogP contribution in [0.5, 0.6) is 0 Å². The number of nitrogens with one attached hydrogen (secondary N) is 1. The van der Waals surface area contributed by atoms with Gasteiger partial charge in [0.05, 0.1) is 6.54 Å². The van der Waals surface area contributed by atoms with Crippen LogP contribution >= 0.6 is 24.0 Å². The number of guanidine groups is 1. The van der Waals surface area contributed by atoms with E-state index in [1.54, 1.807) is 0 Å². The summed E-state index contributed by atoms with van der Waals surface area (Å²) in [6.45, 7) is 14.2. The van der Waals surface area contributed by atoms with Crippen LogP contribution in [-0.4, -0.2) is 73.5 Å². The largest absolute Gasteiger partial charge is 0.357 e. The molecule has 0 aromatic heterocycles. The number of hydrogen-bond acceptors (Lipinski definition) is 3. The smallest absolute Gasteiger partial charge is 0.194 e. The van der Waals surface area contributed by atoms with Crippen molar-refractivity contribution in [2.45, 2.75) is 39.8 Å². The molecule has 3 rings (SSSR count). The molecule has 1 aromatic carbocycles. The average molecular weight is 499 g/mol. The van der Waals surface area contributed by atoms with Gasteiger partial charge in [0.2, 0.25) is 0 Å². The van der Waals surface area contributed by atoms with Crippen molar-refractivity contribution in [3.8, 4) is 0 Å². The van der Waals surface area contributed by atoms with E-state index in [9.17, 15) is 0 Å². The van der Waals surface area contributed by atoms with Crippen LogP contribution in [0.1, 0.15) is 37.8 Å². The van der Waals surface area contributed by atoms with Gasteiger partial charge < -0.3 is 15.1 Å². The number of halogens is 1. The fraction of sp³-hybridized carbons (Fsp3) is 0.682. The summed E-state index contributed by atoms with van der Waals surface area (Å²) in [5.74, 6) is 1.92. The van der Waals surface area contributed by atoms with Crippen LogP contribution in [0.3, 0.4) is 0 Å². The molecule has 2 heterocycles. The molecular weight excluding hydrogens is 461 g/mol. The molecule has 158 valence electrons. The number of likely N-dealkylation sites (N-methyl/N-ethyl adjacent to an activating group) is 1. The molecule has 0 unspecified atom stereocenters. The Bertz CT molecular complexity index is 587. The van der Waals surface area contributed by atoms with Crippen LogP contribution in [0.4, 0.5) is 0 Å². The van der Waals surface area contributed by atoms with E-state index in [0.717, 1.165) is 44.6 Å². The van der Waals surface area contributed by atoms with Gasteiger partial charge in [0.25, 0.3) is 0 Å². The third kappa shape index (κ3) is 7.19. The summed E-state index contributed by atoms with van der Waals surface area (Å²) in [6.07, 6.45) is 2.54. The number of piperidine rings is 1. The molecule has 2 saturated heterocycles. The van der Waals surface area contributed by atoms with Gasteiger partial charge in [-0.3, -0.25) is 4.90 Å². The Morgan fingerprint density at radius 2 is 1.61 bits per heavy atom. The highest BCUT2D eigenvalue weighted by Gasteiger charge is 2.18. The summed E-state index contributed by atoms with van der Waals surface area (Å²) < 4.78 is 0. The van der Waals surface area contributed by atoms with Crippen LogP contribution < -0.4 is 5.32 Å². The Kier molecular flexibility index (Phi) is 10.0. The van der Waals surface area contributed by atoms with Crippen molar-refractivity contribution < 1.29 is 0 Å². The van der Waals surface area contributed by atoms with Gasteiger partial charge in [0.1, 0.15) is 0 Å². The maximum absolute atomic E-state index is 4.90. The number of piperazine rings is 1. The van der Waals surface area contributed by atoms with Crippen molar-refractivity contribution >= 4 is 29.9 Å². The molecule has 0 aliphatic carbocycles. The van der Waals surface area contributed by atoms with Gasteiger partial charge in [-0.05, 0) is 43.9 Å². The molecule has 0 saturated carbocycles. The second-order valence-electron chi connectivity index (χ2n) is 8.24. The zero-order valence-corrected chi connectivity index (χ0v) is 20.2. The number of likely N-dealkylation sites (tertiary alicyclic amines) is 1. The van der Waals surface area contributed by atoms with Crippen molar-refractivity contribution in [3.05, 3.63) is 35.4 Å². The summed E-state index contributed by atoms with van der Waals surface area (Å²) in [6, 6.07) is 9.05. The number of benzene rings is 1. The first-order valence-corrected chi connectivity index (χ1v) is 10.7. The van der Waals surface area contributed by atoms with Crippen LogP contribution in [0, 0.1) is 5.92 Å². The monoisotopic (exact) mass is 499 g/mol. The highest BCUT2D eigenvalue weighted by Crippen LogP contribution is 2.16. The Morgan fingerprint density at radius 1 is 1.00 bits per heavy atom. The second-order valence-corrected chi connectivity index (χ2v) is 8.24. The molecule has 5 nitrogen and oxygen atoms in total. The topological polar surface area (TPSA) is 34.1 Å². The summed E-state index contributed by atoms with van der Waals surface area (Å²) in [5.41, 5.74) is 2.70. The molecule has 2 aliphatic heterocycles. The Hall–Kier alpha value is -0.860. The number of hydrogen-bond donors (Lipinski definition) is 1. The van der Waals surface area contributed by atoms with Crippen molar-refractivity contribution in [2.75, 3.05) is 52.9 Å². The lowest BCUT2D eigenvalue weighted by atomic mass is 10.00. The van der Waals surface area contributed by atoms with Crippen LogP contribution in [0.25, 0.3) is 0 Å². The van der Waals surface area contributed by atoms with Crippen molar-refractivity contribution in [1.82, 2.24) is 20.0 Å². The highest BCUT2D eigenvalue weighted by atomic mass is 127. The van der Waals surface area contributed by atoms with E-state index in [1.807, 2.05) is 0 Å². The highest BCUT2D eigenvalue weighted by molar-refractivity contribution is 14.0. The number of nitrogens with zero attached hydrogens (tertiary/aromatic N) is 4. The zero-order valence-electron chi connectivity index (χ0n) is 17.9. The maximum atomic E-state index is 4.90. The quantitative estimate of drug-likeness (QED) is 0.383. The van der Waals surface area contributed by atoms with Crippen LogP contribution in [0.2, 0.25) is 0 Å². The van der Waals surface area contributed by atoms with Crippen LogP contribution in [-0.2, 0) is 13.1 Å². The fourth-order valence-corrected chi connectivity index (χ4v) is 3.83. The second kappa shape index (κ2) is 12.0. The molecule has 0 amide bonds. The fourth-order valence-electron chi connectivity index (χ4n) is 3.83. The normalized spacial score (nSPS) is 20.1. The lowest BCUT2D eigenvalue weighted by molar-refractivity contribution is 0.148. The summed E-state index contributed by atoms with van der Waals surface area (Å²) in [5, 5.41) is 3.47. The van der Waals surface area contributed by atoms with Crippen molar-refractivity contribution in [3.63, 3.8) is 0 Å². The van der Waals surface area contributed by atoms with E-state index < -0.39 is 0 Å². The molecule has 2 fully saturated rings. The molecule has 6 heteroatoms. The molecule has 0 radical (unpaired) electrons.